The number of benzene rings is 2. The molecule has 1 aliphatic rings. The number of nitrogens with two attached hydrogens (primary N) is 1. The van der Waals surface area contributed by atoms with Crippen LogP contribution in [0.5, 0.6) is 5.75 Å². The van der Waals surface area contributed by atoms with E-state index in [9.17, 15) is 14.4 Å². The van der Waals surface area contributed by atoms with Crippen LogP contribution in [-0.4, -0.2) is 62.7 Å². The Morgan fingerprint density at radius 3 is 2.24 bits per heavy atom. The van der Waals surface area contributed by atoms with Crippen LogP contribution in [0.15, 0.2) is 48.5 Å². The second kappa shape index (κ2) is 11.4. The standard InChI is InChI=1S/C23H27ClN4O5/c1-32-19-8-6-18(7-9-19)27-10-12-28(13-11-27)21(29)15-33-22(30)14-20(26-23(25)31)16-2-4-17(24)5-3-16/h2-9,20H,10-15H2,1H3,(H3,25,26,31)/t20-/m0/s1. The van der Waals surface area contributed by atoms with E-state index in [1.54, 1.807) is 36.3 Å². The number of hydrogen-bond donors (Lipinski definition) is 2. The Morgan fingerprint density at radius 1 is 1.03 bits per heavy atom. The Balaban J connectivity index is 1.46. The molecule has 0 aromatic heterocycles. The maximum Gasteiger partial charge on any atom is 0.312 e. The lowest BCUT2D eigenvalue weighted by Crippen LogP contribution is -2.50. The van der Waals surface area contributed by atoms with Gasteiger partial charge in [0.25, 0.3) is 5.91 Å². The van der Waals surface area contributed by atoms with Crippen molar-refractivity contribution in [2.24, 2.45) is 5.73 Å². The highest BCUT2D eigenvalue weighted by Gasteiger charge is 2.24. The van der Waals surface area contributed by atoms with Crippen LogP contribution in [0.3, 0.4) is 0 Å². The number of rotatable bonds is 8. The molecule has 2 aromatic carbocycles. The molecule has 0 unspecified atom stereocenters. The minimum Gasteiger partial charge on any atom is -0.497 e. The van der Waals surface area contributed by atoms with Crippen molar-refractivity contribution in [1.29, 1.82) is 0 Å². The molecule has 2 aromatic rings. The number of carbonyl (C=O) groups excluding carboxylic acids is 3. The average Bonchev–Trinajstić information content (AvgIpc) is 2.82. The number of anilines is 1. The van der Waals surface area contributed by atoms with Gasteiger partial charge in [0.1, 0.15) is 5.75 Å². The molecule has 0 bridgehead atoms. The van der Waals surface area contributed by atoms with Gasteiger partial charge in [-0.2, -0.15) is 0 Å². The van der Waals surface area contributed by atoms with Crippen molar-refractivity contribution in [1.82, 2.24) is 10.2 Å². The molecular weight excluding hydrogens is 448 g/mol. The van der Waals surface area contributed by atoms with Crippen LogP contribution in [0.25, 0.3) is 0 Å². The summed E-state index contributed by atoms with van der Waals surface area (Å²) < 4.78 is 10.4. The number of hydrogen-bond acceptors (Lipinski definition) is 6. The number of nitrogens with one attached hydrogen (secondary N) is 1. The van der Waals surface area contributed by atoms with Gasteiger partial charge in [-0.25, -0.2) is 4.79 Å². The largest absolute Gasteiger partial charge is 0.497 e. The van der Waals surface area contributed by atoms with Crippen LogP contribution >= 0.6 is 11.6 Å². The van der Waals surface area contributed by atoms with Crippen molar-refractivity contribution in [3.05, 3.63) is 59.1 Å². The van der Waals surface area contributed by atoms with Gasteiger partial charge in [0.05, 0.1) is 19.6 Å². The third kappa shape index (κ3) is 7.01. The zero-order chi connectivity index (χ0) is 23.8. The summed E-state index contributed by atoms with van der Waals surface area (Å²) in [5.74, 6) is -0.0868. The van der Waals surface area contributed by atoms with Gasteiger partial charge in [-0.05, 0) is 42.0 Å². The molecule has 0 aliphatic carbocycles. The van der Waals surface area contributed by atoms with Gasteiger partial charge in [-0.15, -0.1) is 0 Å². The zero-order valence-corrected chi connectivity index (χ0v) is 19.1. The summed E-state index contributed by atoms with van der Waals surface area (Å²) in [5, 5.41) is 3.04. The minimum absolute atomic E-state index is 0.164. The third-order valence-electron chi connectivity index (χ3n) is 5.39. The van der Waals surface area contributed by atoms with Gasteiger partial charge in [0.15, 0.2) is 6.61 Å². The molecule has 0 saturated carbocycles. The van der Waals surface area contributed by atoms with Gasteiger partial charge in [-0.3, -0.25) is 9.59 Å². The fourth-order valence-corrected chi connectivity index (χ4v) is 3.71. The van der Waals surface area contributed by atoms with Crippen LogP contribution in [0.2, 0.25) is 5.02 Å². The lowest BCUT2D eigenvalue weighted by atomic mass is 10.0. The predicted molar refractivity (Wildman–Crippen MR) is 124 cm³/mol. The normalized spacial score (nSPS) is 14.4. The molecule has 10 heteroatoms. The number of urea groups is 1. The second-order valence-corrected chi connectivity index (χ2v) is 7.98. The number of amides is 3. The molecule has 3 amide bonds. The fourth-order valence-electron chi connectivity index (χ4n) is 3.59. The topological polar surface area (TPSA) is 114 Å². The molecule has 1 aliphatic heterocycles. The third-order valence-corrected chi connectivity index (χ3v) is 5.64. The van der Waals surface area contributed by atoms with Crippen LogP contribution in [0, 0.1) is 0 Å². The molecule has 33 heavy (non-hydrogen) atoms. The quantitative estimate of drug-likeness (QED) is 0.567. The Bertz CT molecular complexity index is 960. The molecule has 9 nitrogen and oxygen atoms in total. The fraction of sp³-hybridized carbons (Fsp3) is 0.348. The highest BCUT2D eigenvalue weighted by Crippen LogP contribution is 2.21. The lowest BCUT2D eigenvalue weighted by Gasteiger charge is -2.36. The molecule has 0 spiro atoms. The summed E-state index contributed by atoms with van der Waals surface area (Å²) in [7, 11) is 1.62. The van der Waals surface area contributed by atoms with Crippen molar-refractivity contribution >= 4 is 35.2 Å². The molecule has 0 radical (unpaired) electrons. The molecule has 176 valence electrons. The van der Waals surface area contributed by atoms with Crippen LogP contribution in [-0.2, 0) is 14.3 Å². The van der Waals surface area contributed by atoms with E-state index < -0.39 is 18.0 Å². The average molecular weight is 475 g/mol. The van der Waals surface area contributed by atoms with Crippen molar-refractivity contribution in [3.63, 3.8) is 0 Å². The Morgan fingerprint density at radius 2 is 1.67 bits per heavy atom. The van der Waals surface area contributed by atoms with Gasteiger partial charge in [0, 0.05) is 36.9 Å². The molecular formula is C23H27ClN4O5. The summed E-state index contributed by atoms with van der Waals surface area (Å²) >= 11 is 5.89. The van der Waals surface area contributed by atoms with Crippen molar-refractivity contribution in [3.8, 4) is 5.75 Å². The number of primary amides is 1. The van der Waals surface area contributed by atoms with Gasteiger partial charge < -0.3 is 30.3 Å². The van der Waals surface area contributed by atoms with Gasteiger partial charge >= 0.3 is 12.0 Å². The summed E-state index contributed by atoms with van der Waals surface area (Å²) in [5.41, 5.74) is 6.93. The van der Waals surface area contributed by atoms with E-state index >= 15 is 0 Å². The maximum atomic E-state index is 12.5. The number of ether oxygens (including phenoxy) is 2. The summed E-state index contributed by atoms with van der Waals surface area (Å²) in [6, 6.07) is 13.0. The number of carbonyl (C=O) groups is 3. The van der Waals surface area contributed by atoms with Crippen molar-refractivity contribution in [2.45, 2.75) is 12.5 Å². The van der Waals surface area contributed by atoms with Crippen LogP contribution in [0.4, 0.5) is 10.5 Å². The van der Waals surface area contributed by atoms with E-state index in [4.69, 9.17) is 26.8 Å². The summed E-state index contributed by atoms with van der Waals surface area (Å²) in [6.45, 7) is 2.05. The van der Waals surface area contributed by atoms with E-state index in [-0.39, 0.29) is 18.9 Å². The van der Waals surface area contributed by atoms with E-state index in [1.165, 1.54) is 0 Å². The number of halogens is 1. The molecule has 3 N–H and O–H groups in total. The number of piperazine rings is 1. The Hall–Kier alpha value is -3.46. The minimum atomic E-state index is -0.770. The summed E-state index contributed by atoms with van der Waals surface area (Å²) in [4.78, 5) is 40.0. The van der Waals surface area contributed by atoms with Crippen LogP contribution in [0.1, 0.15) is 18.0 Å². The van der Waals surface area contributed by atoms with E-state index in [0.29, 0.717) is 36.8 Å². The molecule has 1 saturated heterocycles. The highest BCUT2D eigenvalue weighted by molar-refractivity contribution is 6.30. The smallest absolute Gasteiger partial charge is 0.312 e. The SMILES string of the molecule is COc1ccc(N2CCN(C(=O)COC(=O)C[C@H](NC(N)=O)c3ccc(Cl)cc3)CC2)cc1. The van der Waals surface area contributed by atoms with Gasteiger partial charge in [0.2, 0.25) is 0 Å². The summed E-state index contributed by atoms with van der Waals surface area (Å²) in [6.07, 6.45) is -0.164. The van der Waals surface area contributed by atoms with E-state index in [0.717, 1.165) is 11.4 Å². The first-order valence-electron chi connectivity index (χ1n) is 10.5. The predicted octanol–water partition coefficient (Wildman–Crippen LogP) is 2.34. The van der Waals surface area contributed by atoms with Gasteiger partial charge in [-0.1, -0.05) is 23.7 Å². The zero-order valence-electron chi connectivity index (χ0n) is 18.3. The first-order chi connectivity index (χ1) is 15.9. The maximum absolute atomic E-state index is 12.5. The monoisotopic (exact) mass is 474 g/mol. The van der Waals surface area contributed by atoms with E-state index in [1.807, 2.05) is 24.3 Å². The van der Waals surface area contributed by atoms with Crippen molar-refractivity contribution < 1.29 is 23.9 Å². The lowest BCUT2D eigenvalue weighted by molar-refractivity contribution is -0.152. The molecule has 1 fully saturated rings. The Kier molecular flexibility index (Phi) is 8.37. The first-order valence-corrected chi connectivity index (χ1v) is 10.9. The number of methoxy groups -OCH3 is 1. The van der Waals surface area contributed by atoms with E-state index in [2.05, 4.69) is 10.2 Å². The van der Waals surface area contributed by atoms with Crippen molar-refractivity contribution in [2.75, 3.05) is 44.8 Å². The second-order valence-electron chi connectivity index (χ2n) is 7.54. The Labute approximate surface area is 197 Å². The molecule has 1 atom stereocenters. The molecule has 3 rings (SSSR count). The van der Waals surface area contributed by atoms with Crippen LogP contribution < -0.4 is 20.7 Å². The number of esters is 1. The molecule has 1 heterocycles. The highest BCUT2D eigenvalue weighted by atomic mass is 35.5. The first kappa shape index (κ1) is 24.2. The number of nitrogens with zero attached hydrogens (tertiary/aromatic N) is 2.